The molecule has 0 radical (unpaired) electrons. The highest BCUT2D eigenvalue weighted by Crippen LogP contribution is 2.34. The third kappa shape index (κ3) is 5.48. The van der Waals surface area contributed by atoms with Gasteiger partial charge in [0.15, 0.2) is 0 Å². The largest absolute Gasteiger partial charge is 0.416 e. The summed E-state index contributed by atoms with van der Waals surface area (Å²) in [7, 11) is -8.72. The molecule has 0 amide bonds. The summed E-state index contributed by atoms with van der Waals surface area (Å²) < 4.78 is 25.9. The molecule has 1 aliphatic heterocycles. The van der Waals surface area contributed by atoms with Crippen molar-refractivity contribution in [1.29, 1.82) is 0 Å². The Morgan fingerprint density at radius 1 is 0.650 bits per heavy atom. The van der Waals surface area contributed by atoms with Gasteiger partial charge in [0.1, 0.15) is 0 Å². The topological polar surface area (TPSA) is 36.9 Å². The van der Waals surface area contributed by atoms with E-state index < -0.39 is 34.2 Å². The molecule has 0 aliphatic carbocycles. The molecule has 120 valence electrons. The minimum atomic E-state index is -2.19. The van der Waals surface area contributed by atoms with E-state index in [0.29, 0.717) is 0 Å². The van der Waals surface area contributed by atoms with Gasteiger partial charge in [-0.1, -0.05) is 26.7 Å². The predicted molar refractivity (Wildman–Crippen MR) is 92.7 cm³/mol. The molecule has 1 fully saturated rings. The second-order valence-corrected chi connectivity index (χ2v) is 21.5. The number of rotatable bonds is 4. The molecule has 0 spiro atoms. The van der Waals surface area contributed by atoms with Gasteiger partial charge < -0.3 is 16.5 Å². The van der Waals surface area contributed by atoms with Crippen LogP contribution in [-0.4, -0.2) is 34.2 Å². The van der Waals surface area contributed by atoms with Gasteiger partial charge in [-0.2, -0.15) is 0 Å². The fourth-order valence-corrected chi connectivity index (χ4v) is 24.7. The van der Waals surface area contributed by atoms with Crippen LogP contribution in [0.15, 0.2) is 0 Å². The molecule has 0 bridgehead atoms. The van der Waals surface area contributed by atoms with E-state index in [4.69, 9.17) is 16.5 Å². The van der Waals surface area contributed by atoms with E-state index >= 15 is 0 Å². The first kappa shape index (κ1) is 18.8. The lowest BCUT2D eigenvalue weighted by Crippen LogP contribution is -2.65. The molecule has 1 heterocycles. The maximum atomic E-state index is 6.52. The SMILES string of the molecule is CCCC[Si]1(C)O[Si](C)(C)O[Si](C)(CC)O[Si](C)(C)O1. The van der Waals surface area contributed by atoms with Gasteiger partial charge in [0.2, 0.25) is 0 Å². The molecule has 0 aromatic rings. The van der Waals surface area contributed by atoms with E-state index in [2.05, 4.69) is 53.1 Å². The molecule has 0 N–H and O–H groups in total. The molecular formula is C12H32O4Si4. The summed E-state index contributed by atoms with van der Waals surface area (Å²) in [4.78, 5) is 0. The molecule has 0 aromatic carbocycles. The summed E-state index contributed by atoms with van der Waals surface area (Å²) >= 11 is 0. The lowest BCUT2D eigenvalue weighted by atomic mass is 10.4. The Balaban J connectivity index is 3.01. The zero-order valence-electron chi connectivity index (χ0n) is 14.5. The van der Waals surface area contributed by atoms with Crippen molar-refractivity contribution in [2.75, 3.05) is 0 Å². The Kier molecular flexibility index (Phi) is 6.05. The van der Waals surface area contributed by atoms with Crippen LogP contribution in [0.4, 0.5) is 0 Å². The van der Waals surface area contributed by atoms with E-state index in [9.17, 15) is 0 Å². The van der Waals surface area contributed by atoms with E-state index in [-0.39, 0.29) is 0 Å². The van der Waals surface area contributed by atoms with Crippen LogP contribution in [0.5, 0.6) is 0 Å². The van der Waals surface area contributed by atoms with Crippen molar-refractivity contribution < 1.29 is 16.5 Å². The van der Waals surface area contributed by atoms with E-state index in [0.717, 1.165) is 18.5 Å². The van der Waals surface area contributed by atoms with Crippen LogP contribution in [0, 0.1) is 0 Å². The van der Waals surface area contributed by atoms with E-state index in [1.54, 1.807) is 0 Å². The first-order chi connectivity index (χ1) is 8.95. The fourth-order valence-electron chi connectivity index (χ4n) is 2.91. The van der Waals surface area contributed by atoms with Crippen LogP contribution in [0.3, 0.4) is 0 Å². The number of hydrogen-bond acceptors (Lipinski definition) is 4. The molecule has 1 rings (SSSR count). The van der Waals surface area contributed by atoms with Crippen molar-refractivity contribution in [2.24, 2.45) is 0 Å². The maximum absolute atomic E-state index is 6.52. The minimum Gasteiger partial charge on any atom is -0.416 e. The quantitative estimate of drug-likeness (QED) is 0.701. The van der Waals surface area contributed by atoms with Crippen LogP contribution in [-0.2, 0) is 16.5 Å². The van der Waals surface area contributed by atoms with Gasteiger partial charge in [0.05, 0.1) is 0 Å². The minimum absolute atomic E-state index is 0.944. The van der Waals surface area contributed by atoms with Gasteiger partial charge in [-0.25, -0.2) is 0 Å². The summed E-state index contributed by atoms with van der Waals surface area (Å²) in [6, 6.07) is 1.98. The van der Waals surface area contributed by atoms with Crippen molar-refractivity contribution >= 4 is 34.2 Å². The highest BCUT2D eigenvalue weighted by Gasteiger charge is 2.52. The molecule has 0 aromatic heterocycles. The average molecular weight is 353 g/mol. The highest BCUT2D eigenvalue weighted by atomic mass is 28.5. The molecular weight excluding hydrogens is 320 g/mol. The molecule has 4 nitrogen and oxygen atoms in total. The lowest BCUT2D eigenvalue weighted by molar-refractivity contribution is 0.230. The van der Waals surface area contributed by atoms with Crippen LogP contribution in [0.1, 0.15) is 26.7 Å². The molecule has 1 aliphatic rings. The average Bonchev–Trinajstić information content (AvgIpc) is 2.21. The Hall–Kier alpha value is 0.708. The van der Waals surface area contributed by atoms with Crippen LogP contribution in [0.2, 0.25) is 51.4 Å². The second-order valence-electron chi connectivity index (χ2n) is 6.93. The van der Waals surface area contributed by atoms with Crippen molar-refractivity contribution in [2.45, 2.75) is 78.1 Å². The van der Waals surface area contributed by atoms with Gasteiger partial charge in [-0.15, -0.1) is 0 Å². The van der Waals surface area contributed by atoms with Gasteiger partial charge in [-0.3, -0.25) is 0 Å². The van der Waals surface area contributed by atoms with Crippen molar-refractivity contribution in [1.82, 2.24) is 0 Å². The molecule has 0 unspecified atom stereocenters. The van der Waals surface area contributed by atoms with Crippen LogP contribution >= 0.6 is 0 Å². The molecule has 8 heteroatoms. The smallest absolute Gasteiger partial charge is 0.317 e. The zero-order chi connectivity index (χ0) is 15.7. The first-order valence-corrected chi connectivity index (χ1v) is 18.4. The highest BCUT2D eigenvalue weighted by molar-refractivity contribution is 6.93. The summed E-state index contributed by atoms with van der Waals surface area (Å²) in [6.45, 7) is 17.2. The number of unbranched alkanes of at least 4 members (excludes halogenated alkanes) is 1. The van der Waals surface area contributed by atoms with Crippen molar-refractivity contribution in [3.05, 3.63) is 0 Å². The Morgan fingerprint density at radius 2 is 1.05 bits per heavy atom. The fraction of sp³-hybridized carbons (Fsp3) is 1.00. The van der Waals surface area contributed by atoms with E-state index in [1.165, 1.54) is 6.42 Å². The van der Waals surface area contributed by atoms with Crippen LogP contribution < -0.4 is 0 Å². The molecule has 0 saturated carbocycles. The van der Waals surface area contributed by atoms with Gasteiger partial charge >= 0.3 is 34.2 Å². The zero-order valence-corrected chi connectivity index (χ0v) is 18.5. The maximum Gasteiger partial charge on any atom is 0.317 e. The Labute approximate surface area is 129 Å². The lowest BCUT2D eigenvalue weighted by Gasteiger charge is -2.48. The Morgan fingerprint density at radius 3 is 1.40 bits per heavy atom. The Bertz CT molecular complexity index is 315. The first-order valence-electron chi connectivity index (χ1n) is 7.75. The number of hydrogen-bond donors (Lipinski definition) is 0. The van der Waals surface area contributed by atoms with Gasteiger partial charge in [0.25, 0.3) is 0 Å². The van der Waals surface area contributed by atoms with Crippen molar-refractivity contribution in [3.8, 4) is 0 Å². The van der Waals surface area contributed by atoms with Crippen LogP contribution in [0.25, 0.3) is 0 Å². The van der Waals surface area contributed by atoms with Gasteiger partial charge in [0, 0.05) is 0 Å². The van der Waals surface area contributed by atoms with E-state index in [1.807, 2.05) is 0 Å². The third-order valence-corrected chi connectivity index (χ3v) is 20.8. The molecule has 20 heavy (non-hydrogen) atoms. The second kappa shape index (κ2) is 6.45. The van der Waals surface area contributed by atoms with Crippen molar-refractivity contribution in [3.63, 3.8) is 0 Å². The monoisotopic (exact) mass is 352 g/mol. The normalized spacial score (nSPS) is 37.2. The van der Waals surface area contributed by atoms with Gasteiger partial charge in [-0.05, 0) is 51.4 Å². The summed E-state index contributed by atoms with van der Waals surface area (Å²) in [5.41, 5.74) is 0. The molecule has 0 atom stereocenters. The predicted octanol–water partition coefficient (Wildman–Crippen LogP) is 4.43. The summed E-state index contributed by atoms with van der Waals surface area (Å²) in [5, 5.41) is 0. The molecule has 1 saturated heterocycles. The summed E-state index contributed by atoms with van der Waals surface area (Å²) in [6.07, 6.45) is 2.32. The third-order valence-electron chi connectivity index (χ3n) is 3.47. The summed E-state index contributed by atoms with van der Waals surface area (Å²) in [5.74, 6) is 0. The standard InChI is InChI=1S/C12H32O4Si4/c1-9-11-12-20(8)15-17(3,4)13-19(7,10-2)14-18(5,6)16-20/h9-12H2,1-8H3.